The lowest BCUT2D eigenvalue weighted by Crippen LogP contribution is -2.29. The molecule has 0 atom stereocenters. The molecule has 4 nitrogen and oxygen atoms in total. The van der Waals surface area contributed by atoms with E-state index in [-0.39, 0.29) is 0 Å². The van der Waals surface area contributed by atoms with Gasteiger partial charge < -0.3 is 10.2 Å². The highest BCUT2D eigenvalue weighted by atomic mass is 16.4. The summed E-state index contributed by atoms with van der Waals surface area (Å²) in [6.07, 6.45) is 0.766. The maximum Gasteiger partial charge on any atom is 0.309 e. The molecule has 1 aromatic carbocycles. The van der Waals surface area contributed by atoms with Gasteiger partial charge in [-0.1, -0.05) is 24.3 Å². The fourth-order valence-electron chi connectivity index (χ4n) is 2.01. The van der Waals surface area contributed by atoms with Crippen LogP contribution in [0.25, 0.3) is 0 Å². The zero-order valence-corrected chi connectivity index (χ0v) is 12.4. The highest BCUT2D eigenvalue weighted by molar-refractivity contribution is 5.75. The third kappa shape index (κ3) is 3.83. The summed E-state index contributed by atoms with van der Waals surface area (Å²) in [7, 11) is 0. The van der Waals surface area contributed by atoms with Gasteiger partial charge in [-0.2, -0.15) is 0 Å². The Bertz CT molecular complexity index is 468. The summed E-state index contributed by atoms with van der Waals surface area (Å²) < 4.78 is 0. The average molecular weight is 278 g/mol. The third-order valence-corrected chi connectivity index (χ3v) is 3.54. The Morgan fingerprint density at radius 3 is 1.40 bits per heavy atom. The number of benzene rings is 1. The largest absolute Gasteiger partial charge is 0.481 e. The molecule has 0 saturated heterocycles. The lowest BCUT2D eigenvalue weighted by atomic mass is 9.79. The van der Waals surface area contributed by atoms with Crippen molar-refractivity contribution in [2.24, 2.45) is 10.8 Å². The normalized spacial score (nSPS) is 12.2. The first-order valence-corrected chi connectivity index (χ1v) is 6.60. The van der Waals surface area contributed by atoms with Gasteiger partial charge in [-0.3, -0.25) is 9.59 Å². The molecule has 110 valence electrons. The van der Waals surface area contributed by atoms with E-state index in [1.807, 2.05) is 24.3 Å². The van der Waals surface area contributed by atoms with Gasteiger partial charge in [0.05, 0.1) is 10.8 Å². The van der Waals surface area contributed by atoms with Gasteiger partial charge >= 0.3 is 11.9 Å². The molecule has 0 aromatic heterocycles. The zero-order valence-electron chi connectivity index (χ0n) is 12.4. The Labute approximate surface area is 119 Å². The predicted molar refractivity (Wildman–Crippen MR) is 76.7 cm³/mol. The van der Waals surface area contributed by atoms with Crippen molar-refractivity contribution in [1.82, 2.24) is 0 Å². The Balaban J connectivity index is 3.06. The van der Waals surface area contributed by atoms with E-state index < -0.39 is 22.8 Å². The van der Waals surface area contributed by atoms with Gasteiger partial charge in [0.15, 0.2) is 0 Å². The van der Waals surface area contributed by atoms with Crippen LogP contribution in [0.5, 0.6) is 0 Å². The van der Waals surface area contributed by atoms with Crippen LogP contribution < -0.4 is 0 Å². The van der Waals surface area contributed by atoms with E-state index in [4.69, 9.17) is 0 Å². The Kier molecular flexibility index (Phi) is 4.58. The van der Waals surface area contributed by atoms with Gasteiger partial charge in [0, 0.05) is 0 Å². The second-order valence-corrected chi connectivity index (χ2v) is 6.50. The van der Waals surface area contributed by atoms with Crippen LogP contribution in [0, 0.1) is 10.8 Å². The smallest absolute Gasteiger partial charge is 0.309 e. The molecule has 0 heterocycles. The predicted octanol–water partition coefficient (Wildman–Crippen LogP) is 2.99. The summed E-state index contributed by atoms with van der Waals surface area (Å²) in [5.41, 5.74) is 0.0517. The SMILES string of the molecule is CC(C)(Cc1ccccc1CC(C)(C)C(=O)O)C(=O)O. The lowest BCUT2D eigenvalue weighted by Gasteiger charge is -2.24. The number of hydrogen-bond donors (Lipinski definition) is 2. The van der Waals surface area contributed by atoms with Crippen LogP contribution in [0.15, 0.2) is 24.3 Å². The molecule has 0 aliphatic rings. The Hall–Kier alpha value is -1.84. The molecule has 0 bridgehead atoms. The molecule has 0 radical (unpaired) electrons. The second kappa shape index (κ2) is 5.65. The molecule has 0 unspecified atom stereocenters. The minimum absolute atomic E-state index is 0.383. The van der Waals surface area contributed by atoms with Gasteiger partial charge in [-0.05, 0) is 51.7 Å². The number of rotatable bonds is 6. The van der Waals surface area contributed by atoms with Crippen molar-refractivity contribution in [3.05, 3.63) is 35.4 Å². The maximum atomic E-state index is 11.2. The molecule has 1 aromatic rings. The third-order valence-electron chi connectivity index (χ3n) is 3.54. The minimum atomic E-state index is -0.872. The van der Waals surface area contributed by atoms with Crippen LogP contribution >= 0.6 is 0 Å². The molecule has 0 amide bonds. The van der Waals surface area contributed by atoms with Crippen LogP contribution in [0.3, 0.4) is 0 Å². The molecular weight excluding hydrogens is 256 g/mol. The first-order chi connectivity index (χ1) is 9.06. The molecular formula is C16H22O4. The Morgan fingerprint density at radius 2 is 1.15 bits per heavy atom. The molecule has 20 heavy (non-hydrogen) atoms. The van der Waals surface area contributed by atoms with Crippen LogP contribution in [0.2, 0.25) is 0 Å². The summed E-state index contributed by atoms with van der Waals surface area (Å²) in [5, 5.41) is 18.4. The molecule has 0 fully saturated rings. The molecule has 4 heteroatoms. The summed E-state index contributed by atoms with van der Waals surface area (Å²) in [4.78, 5) is 22.5. The van der Waals surface area contributed by atoms with E-state index in [1.54, 1.807) is 27.7 Å². The minimum Gasteiger partial charge on any atom is -0.481 e. The molecule has 0 saturated carbocycles. The molecule has 2 N–H and O–H groups in total. The van der Waals surface area contributed by atoms with E-state index in [2.05, 4.69) is 0 Å². The fraction of sp³-hybridized carbons (Fsp3) is 0.500. The highest BCUT2D eigenvalue weighted by Crippen LogP contribution is 2.28. The molecule has 0 aliphatic carbocycles. The quantitative estimate of drug-likeness (QED) is 0.838. The van der Waals surface area contributed by atoms with Crippen molar-refractivity contribution in [3.63, 3.8) is 0 Å². The van der Waals surface area contributed by atoms with Crippen LogP contribution in [0.4, 0.5) is 0 Å². The summed E-state index contributed by atoms with van der Waals surface area (Å²) in [6.45, 7) is 6.70. The van der Waals surface area contributed by atoms with E-state index in [9.17, 15) is 19.8 Å². The van der Waals surface area contributed by atoms with Gasteiger partial charge in [0.1, 0.15) is 0 Å². The summed E-state index contributed by atoms with van der Waals surface area (Å²) >= 11 is 0. The van der Waals surface area contributed by atoms with E-state index >= 15 is 0 Å². The monoisotopic (exact) mass is 278 g/mol. The second-order valence-electron chi connectivity index (χ2n) is 6.50. The standard InChI is InChI=1S/C16H22O4/c1-15(2,13(17)18)9-11-7-5-6-8-12(11)10-16(3,4)14(19)20/h5-8H,9-10H2,1-4H3,(H,17,18)(H,19,20). The van der Waals surface area contributed by atoms with Crippen LogP contribution in [0.1, 0.15) is 38.8 Å². The molecule has 0 aliphatic heterocycles. The highest BCUT2D eigenvalue weighted by Gasteiger charge is 2.31. The van der Waals surface area contributed by atoms with Crippen molar-refractivity contribution < 1.29 is 19.8 Å². The summed E-state index contributed by atoms with van der Waals surface area (Å²) in [6, 6.07) is 7.45. The number of carboxylic acid groups (broad SMARTS) is 2. The van der Waals surface area contributed by atoms with Crippen molar-refractivity contribution in [2.75, 3.05) is 0 Å². The number of carboxylic acids is 2. The molecule has 0 spiro atoms. The topological polar surface area (TPSA) is 74.6 Å². The summed E-state index contributed by atoms with van der Waals surface area (Å²) in [5.74, 6) is -1.71. The average Bonchev–Trinajstić information content (AvgIpc) is 2.30. The van der Waals surface area contributed by atoms with Crippen molar-refractivity contribution >= 4 is 11.9 Å². The molecule has 1 rings (SSSR count). The number of carbonyl (C=O) groups is 2. The van der Waals surface area contributed by atoms with Crippen molar-refractivity contribution in [2.45, 2.75) is 40.5 Å². The van der Waals surface area contributed by atoms with Gasteiger partial charge in [-0.15, -0.1) is 0 Å². The maximum absolute atomic E-state index is 11.2. The first-order valence-electron chi connectivity index (χ1n) is 6.60. The van der Waals surface area contributed by atoms with E-state index in [0.29, 0.717) is 12.8 Å². The number of aliphatic carboxylic acids is 2. The Morgan fingerprint density at radius 1 is 0.850 bits per heavy atom. The van der Waals surface area contributed by atoms with Crippen molar-refractivity contribution in [1.29, 1.82) is 0 Å². The van der Waals surface area contributed by atoms with Crippen molar-refractivity contribution in [3.8, 4) is 0 Å². The van der Waals surface area contributed by atoms with Crippen LogP contribution in [-0.2, 0) is 22.4 Å². The van der Waals surface area contributed by atoms with Gasteiger partial charge in [-0.25, -0.2) is 0 Å². The van der Waals surface area contributed by atoms with Crippen LogP contribution in [-0.4, -0.2) is 22.2 Å². The van der Waals surface area contributed by atoms with Gasteiger partial charge in [0.2, 0.25) is 0 Å². The lowest BCUT2D eigenvalue weighted by molar-refractivity contribution is -0.147. The zero-order chi connectivity index (χ0) is 15.6. The van der Waals surface area contributed by atoms with E-state index in [1.165, 1.54) is 0 Å². The fourth-order valence-corrected chi connectivity index (χ4v) is 2.01. The number of hydrogen-bond acceptors (Lipinski definition) is 2. The van der Waals surface area contributed by atoms with Gasteiger partial charge in [0.25, 0.3) is 0 Å². The van der Waals surface area contributed by atoms with E-state index in [0.717, 1.165) is 11.1 Å². The first kappa shape index (κ1) is 16.2.